The fraction of sp³-hybridized carbons (Fsp3) is 0.0769. The number of ether oxygens (including phenoxy) is 1. The highest BCUT2D eigenvalue weighted by Gasteiger charge is 2.06. The van der Waals surface area contributed by atoms with Gasteiger partial charge in [0.05, 0.1) is 11.9 Å². The van der Waals surface area contributed by atoms with Crippen molar-refractivity contribution in [3.05, 3.63) is 52.8 Å². The highest BCUT2D eigenvalue weighted by molar-refractivity contribution is 9.10. The molecule has 2 aromatic rings. The summed E-state index contributed by atoms with van der Waals surface area (Å²) in [4.78, 5) is 15.7. The number of rotatable bonds is 2. The van der Waals surface area contributed by atoms with Crippen molar-refractivity contribution in [2.24, 2.45) is 0 Å². The summed E-state index contributed by atoms with van der Waals surface area (Å²) >= 11 is 3.29. The molecule has 1 aromatic carbocycles. The maximum Gasteiger partial charge on any atom is 0.417 e. The summed E-state index contributed by atoms with van der Waals surface area (Å²) in [5.41, 5.74) is 1.53. The minimum Gasteiger partial charge on any atom is -0.410 e. The smallest absolute Gasteiger partial charge is 0.410 e. The highest BCUT2D eigenvalue weighted by Crippen LogP contribution is 2.17. The van der Waals surface area contributed by atoms with Crippen molar-refractivity contribution >= 4 is 27.7 Å². The SMILES string of the molecule is Cc1cc(NC(=O)Oc2ccccc2)cnc1Br. The molecule has 1 amide bonds. The summed E-state index contributed by atoms with van der Waals surface area (Å²) < 4.78 is 5.85. The molecule has 4 nitrogen and oxygen atoms in total. The number of hydrogen-bond donors (Lipinski definition) is 1. The molecule has 0 aliphatic heterocycles. The molecule has 0 aliphatic carbocycles. The van der Waals surface area contributed by atoms with Gasteiger partial charge in [0.25, 0.3) is 0 Å². The third kappa shape index (κ3) is 3.30. The zero-order valence-electron chi connectivity index (χ0n) is 9.68. The van der Waals surface area contributed by atoms with Gasteiger partial charge in [-0.3, -0.25) is 5.32 Å². The van der Waals surface area contributed by atoms with Crippen molar-refractivity contribution in [1.29, 1.82) is 0 Å². The maximum atomic E-state index is 11.6. The summed E-state index contributed by atoms with van der Waals surface area (Å²) in [5.74, 6) is 0.497. The zero-order chi connectivity index (χ0) is 13.0. The van der Waals surface area contributed by atoms with E-state index in [0.717, 1.165) is 10.2 Å². The van der Waals surface area contributed by atoms with E-state index in [4.69, 9.17) is 4.74 Å². The predicted molar refractivity (Wildman–Crippen MR) is 72.8 cm³/mol. The van der Waals surface area contributed by atoms with Gasteiger partial charge in [-0.05, 0) is 46.6 Å². The molecule has 1 heterocycles. The Morgan fingerprint density at radius 1 is 1.33 bits per heavy atom. The van der Waals surface area contributed by atoms with Gasteiger partial charge in [-0.25, -0.2) is 9.78 Å². The molecule has 0 unspecified atom stereocenters. The third-order valence-corrected chi connectivity index (χ3v) is 3.04. The Morgan fingerprint density at radius 2 is 2.06 bits per heavy atom. The lowest BCUT2D eigenvalue weighted by molar-refractivity contribution is 0.215. The van der Waals surface area contributed by atoms with Gasteiger partial charge in [-0.15, -0.1) is 0 Å². The molecule has 1 N–H and O–H groups in total. The Kier molecular flexibility index (Phi) is 3.94. The minimum absolute atomic E-state index is 0.497. The lowest BCUT2D eigenvalue weighted by Gasteiger charge is -2.07. The second-order valence-corrected chi connectivity index (χ2v) is 4.41. The Morgan fingerprint density at radius 3 is 2.72 bits per heavy atom. The Labute approximate surface area is 113 Å². The van der Waals surface area contributed by atoms with Crippen LogP contribution in [0.2, 0.25) is 0 Å². The van der Waals surface area contributed by atoms with Crippen LogP contribution in [0, 0.1) is 6.92 Å². The number of aromatic nitrogens is 1. The van der Waals surface area contributed by atoms with E-state index in [-0.39, 0.29) is 0 Å². The van der Waals surface area contributed by atoms with Crippen LogP contribution in [0.3, 0.4) is 0 Å². The van der Waals surface area contributed by atoms with Crippen molar-refractivity contribution in [3.63, 3.8) is 0 Å². The number of benzene rings is 1. The first-order valence-corrected chi connectivity index (χ1v) is 6.10. The average molecular weight is 307 g/mol. The monoisotopic (exact) mass is 306 g/mol. The third-order valence-electron chi connectivity index (χ3n) is 2.21. The molecule has 92 valence electrons. The van der Waals surface area contributed by atoms with Crippen molar-refractivity contribution in [2.75, 3.05) is 5.32 Å². The van der Waals surface area contributed by atoms with Gasteiger partial charge in [-0.2, -0.15) is 0 Å². The summed E-state index contributed by atoms with van der Waals surface area (Å²) in [6.45, 7) is 1.89. The summed E-state index contributed by atoms with van der Waals surface area (Å²) in [6, 6.07) is 10.7. The van der Waals surface area contributed by atoms with Crippen LogP contribution < -0.4 is 10.1 Å². The number of carbonyl (C=O) groups excluding carboxylic acids is 1. The van der Waals surface area contributed by atoms with E-state index in [1.165, 1.54) is 0 Å². The van der Waals surface area contributed by atoms with E-state index in [0.29, 0.717) is 11.4 Å². The molecule has 0 fully saturated rings. The van der Waals surface area contributed by atoms with Gasteiger partial charge in [-0.1, -0.05) is 18.2 Å². The molecule has 0 aliphatic rings. The normalized spacial score (nSPS) is 9.89. The number of aryl methyl sites for hydroxylation is 1. The lowest BCUT2D eigenvalue weighted by atomic mass is 10.3. The van der Waals surface area contributed by atoms with E-state index in [2.05, 4.69) is 26.2 Å². The van der Waals surface area contributed by atoms with Crippen molar-refractivity contribution in [1.82, 2.24) is 4.98 Å². The van der Waals surface area contributed by atoms with E-state index in [9.17, 15) is 4.79 Å². The van der Waals surface area contributed by atoms with Crippen LogP contribution in [0.5, 0.6) is 5.75 Å². The van der Waals surface area contributed by atoms with Crippen molar-refractivity contribution in [3.8, 4) is 5.75 Å². The molecule has 0 radical (unpaired) electrons. The van der Waals surface area contributed by atoms with Crippen LogP contribution in [0.1, 0.15) is 5.56 Å². The van der Waals surface area contributed by atoms with Crippen LogP contribution in [-0.2, 0) is 0 Å². The average Bonchev–Trinajstić information content (AvgIpc) is 2.35. The van der Waals surface area contributed by atoms with Crippen LogP contribution in [0.15, 0.2) is 47.2 Å². The number of para-hydroxylation sites is 1. The molecule has 5 heteroatoms. The molecule has 0 spiro atoms. The summed E-state index contributed by atoms with van der Waals surface area (Å²) in [7, 11) is 0. The predicted octanol–water partition coefficient (Wildman–Crippen LogP) is 3.76. The molecule has 0 atom stereocenters. The molecular weight excluding hydrogens is 296 g/mol. The number of hydrogen-bond acceptors (Lipinski definition) is 3. The number of pyridine rings is 1. The number of amides is 1. The summed E-state index contributed by atoms with van der Waals surface area (Å²) in [6.07, 6.45) is 1.02. The van der Waals surface area contributed by atoms with Crippen LogP contribution in [0.4, 0.5) is 10.5 Å². The quantitative estimate of drug-likeness (QED) is 0.859. The minimum atomic E-state index is -0.537. The van der Waals surface area contributed by atoms with Crippen molar-refractivity contribution in [2.45, 2.75) is 6.92 Å². The second kappa shape index (κ2) is 5.64. The lowest BCUT2D eigenvalue weighted by Crippen LogP contribution is -2.16. The van der Waals surface area contributed by atoms with E-state index in [1.54, 1.807) is 30.5 Å². The molecular formula is C13H11BrN2O2. The van der Waals surface area contributed by atoms with Crippen molar-refractivity contribution < 1.29 is 9.53 Å². The zero-order valence-corrected chi connectivity index (χ0v) is 11.3. The van der Waals surface area contributed by atoms with E-state index in [1.807, 2.05) is 19.1 Å². The van der Waals surface area contributed by atoms with Crippen LogP contribution in [0.25, 0.3) is 0 Å². The first kappa shape index (κ1) is 12.6. The van der Waals surface area contributed by atoms with Gasteiger partial charge in [0, 0.05) is 0 Å². The Balaban J connectivity index is 2.01. The van der Waals surface area contributed by atoms with Crippen LogP contribution in [-0.4, -0.2) is 11.1 Å². The standard InChI is InChI=1S/C13H11BrN2O2/c1-9-7-10(8-15-12(9)14)16-13(17)18-11-5-3-2-4-6-11/h2-8H,1H3,(H,16,17). The Bertz CT molecular complexity index is 558. The molecule has 2 rings (SSSR count). The highest BCUT2D eigenvalue weighted by atomic mass is 79.9. The van der Waals surface area contributed by atoms with Gasteiger partial charge in [0.1, 0.15) is 10.4 Å². The first-order valence-electron chi connectivity index (χ1n) is 5.31. The van der Waals surface area contributed by atoms with Gasteiger partial charge < -0.3 is 4.74 Å². The number of carbonyl (C=O) groups is 1. The Hall–Kier alpha value is -1.88. The van der Waals surface area contributed by atoms with E-state index < -0.39 is 6.09 Å². The number of halogens is 1. The topological polar surface area (TPSA) is 51.2 Å². The van der Waals surface area contributed by atoms with Crippen LogP contribution >= 0.6 is 15.9 Å². The van der Waals surface area contributed by atoms with Gasteiger partial charge in [0.15, 0.2) is 0 Å². The largest absolute Gasteiger partial charge is 0.417 e. The van der Waals surface area contributed by atoms with E-state index >= 15 is 0 Å². The fourth-order valence-corrected chi connectivity index (χ4v) is 1.58. The number of nitrogens with one attached hydrogen (secondary N) is 1. The first-order chi connectivity index (χ1) is 8.65. The molecule has 0 bridgehead atoms. The summed E-state index contributed by atoms with van der Waals surface area (Å²) in [5, 5.41) is 2.61. The van der Waals surface area contributed by atoms with Gasteiger partial charge >= 0.3 is 6.09 Å². The van der Waals surface area contributed by atoms with Gasteiger partial charge in [0.2, 0.25) is 0 Å². The molecule has 0 saturated carbocycles. The maximum absolute atomic E-state index is 11.6. The number of nitrogens with zero attached hydrogens (tertiary/aromatic N) is 1. The molecule has 1 aromatic heterocycles. The second-order valence-electron chi connectivity index (χ2n) is 3.66. The molecule has 0 saturated heterocycles. The number of anilines is 1. The molecule has 18 heavy (non-hydrogen) atoms. The fourth-order valence-electron chi connectivity index (χ4n) is 1.37.